The second-order valence-corrected chi connectivity index (χ2v) is 17.4. The summed E-state index contributed by atoms with van der Waals surface area (Å²) < 4.78 is 6.40. The maximum absolute atomic E-state index is 6.40. The minimum absolute atomic E-state index is 0.461. The maximum atomic E-state index is 6.40. The first kappa shape index (κ1) is 36.7. The van der Waals surface area contributed by atoms with Crippen LogP contribution < -0.4 is 0 Å². The smallest absolute Gasteiger partial charge is 0.164 e. The lowest BCUT2D eigenvalue weighted by atomic mass is 9.70. The molecule has 0 saturated heterocycles. The molecule has 0 radical (unpaired) electrons. The Bertz CT molecular complexity index is 3940. The third kappa shape index (κ3) is 5.24. The molecule has 2 aromatic heterocycles. The second kappa shape index (κ2) is 14.1. The number of fused-ring (bicyclic) bond motifs is 15. The number of nitrogens with zero attached hydrogens (tertiary/aromatic N) is 3. The number of aromatic nitrogens is 3. The zero-order chi connectivity index (χ0) is 43.3. The van der Waals surface area contributed by atoms with Crippen LogP contribution in [-0.4, -0.2) is 15.0 Å². The van der Waals surface area contributed by atoms with Gasteiger partial charge in [0.2, 0.25) is 0 Å². The summed E-state index contributed by atoms with van der Waals surface area (Å²) in [4.78, 5) is 15.5. The van der Waals surface area contributed by atoms with E-state index in [9.17, 15) is 0 Å². The van der Waals surface area contributed by atoms with Crippen molar-refractivity contribution in [2.75, 3.05) is 0 Å². The number of rotatable bonds is 5. The molecule has 4 nitrogen and oxygen atoms in total. The van der Waals surface area contributed by atoms with Crippen LogP contribution in [0.2, 0.25) is 0 Å². The minimum atomic E-state index is -0.461. The maximum Gasteiger partial charge on any atom is 0.164 e. The highest BCUT2D eigenvalue weighted by Crippen LogP contribution is 2.65. The SMILES string of the molecule is c1ccc(-c2nc(-c3ccc(-c4cccc5c4oc4ccccc45)cc3)nc(-c3cccc(-c4cccc5c4-c4ccccc4C54c5ccccc5-c5c4ccc4ccccc54)c3)n2)cc1. The van der Waals surface area contributed by atoms with Gasteiger partial charge in [-0.1, -0.05) is 212 Å². The number of benzene rings is 10. The molecule has 0 saturated carbocycles. The number of hydrogen-bond acceptors (Lipinski definition) is 4. The molecule has 0 aliphatic heterocycles. The summed E-state index contributed by atoms with van der Waals surface area (Å²) >= 11 is 0. The van der Waals surface area contributed by atoms with Gasteiger partial charge in [0, 0.05) is 33.0 Å². The normalized spacial score (nSPS) is 14.4. The fraction of sp³-hybridized carbons (Fsp3) is 0.0161. The molecule has 0 amide bonds. The van der Waals surface area contributed by atoms with Crippen LogP contribution in [0, 0.1) is 0 Å². The first-order valence-corrected chi connectivity index (χ1v) is 22.5. The number of furan rings is 1. The van der Waals surface area contributed by atoms with Crippen LogP contribution in [0.4, 0.5) is 0 Å². The Hall–Kier alpha value is -8.73. The molecule has 14 rings (SSSR count). The van der Waals surface area contributed by atoms with E-state index in [1.54, 1.807) is 0 Å². The van der Waals surface area contributed by atoms with Crippen LogP contribution in [0.5, 0.6) is 0 Å². The van der Waals surface area contributed by atoms with E-state index in [0.717, 1.165) is 55.3 Å². The molecule has 4 heteroatoms. The zero-order valence-corrected chi connectivity index (χ0v) is 35.6. The summed E-state index contributed by atoms with van der Waals surface area (Å²) in [6.07, 6.45) is 0. The summed E-state index contributed by atoms with van der Waals surface area (Å²) in [6, 6.07) is 80.4. The molecule has 306 valence electrons. The molecule has 66 heavy (non-hydrogen) atoms. The van der Waals surface area contributed by atoms with Gasteiger partial charge < -0.3 is 4.42 Å². The van der Waals surface area contributed by atoms with Crippen LogP contribution in [-0.2, 0) is 5.41 Å². The monoisotopic (exact) mass is 839 g/mol. The Kier molecular flexibility index (Phi) is 7.87. The molecule has 0 bridgehead atoms. The highest BCUT2D eigenvalue weighted by atomic mass is 16.3. The highest BCUT2D eigenvalue weighted by Gasteiger charge is 2.52. The van der Waals surface area contributed by atoms with E-state index in [2.05, 4.69) is 194 Å². The molecule has 1 spiro atoms. The van der Waals surface area contributed by atoms with E-state index in [1.807, 2.05) is 30.3 Å². The molecule has 10 aromatic carbocycles. The summed E-state index contributed by atoms with van der Waals surface area (Å²) in [6.45, 7) is 0. The van der Waals surface area contributed by atoms with Gasteiger partial charge in [-0.15, -0.1) is 0 Å². The first-order valence-electron chi connectivity index (χ1n) is 22.5. The van der Waals surface area contributed by atoms with Gasteiger partial charge in [-0.05, 0) is 84.1 Å². The van der Waals surface area contributed by atoms with Crippen LogP contribution in [0.15, 0.2) is 229 Å². The fourth-order valence-electron chi connectivity index (χ4n) is 11.1. The van der Waals surface area contributed by atoms with Crippen LogP contribution >= 0.6 is 0 Å². The van der Waals surface area contributed by atoms with E-state index >= 15 is 0 Å². The lowest BCUT2D eigenvalue weighted by molar-refractivity contribution is 0.670. The molecular weight excluding hydrogens is 803 g/mol. The van der Waals surface area contributed by atoms with Crippen LogP contribution in [0.3, 0.4) is 0 Å². The summed E-state index contributed by atoms with van der Waals surface area (Å²) in [5.41, 5.74) is 18.9. The van der Waals surface area contributed by atoms with Gasteiger partial charge in [-0.3, -0.25) is 0 Å². The van der Waals surface area contributed by atoms with Crippen molar-refractivity contribution < 1.29 is 4.42 Å². The van der Waals surface area contributed by atoms with Crippen molar-refractivity contribution in [2.24, 2.45) is 0 Å². The largest absolute Gasteiger partial charge is 0.455 e. The van der Waals surface area contributed by atoms with E-state index in [4.69, 9.17) is 19.4 Å². The Balaban J connectivity index is 0.911. The molecule has 0 N–H and O–H groups in total. The molecule has 1 unspecified atom stereocenters. The topological polar surface area (TPSA) is 51.8 Å². The quantitative estimate of drug-likeness (QED) is 0.173. The zero-order valence-electron chi connectivity index (χ0n) is 35.6. The predicted octanol–water partition coefficient (Wildman–Crippen LogP) is 15.6. The third-order valence-corrected chi connectivity index (χ3v) is 14.0. The average Bonchev–Trinajstić information content (AvgIpc) is 4.03. The van der Waals surface area contributed by atoms with Crippen molar-refractivity contribution in [3.63, 3.8) is 0 Å². The van der Waals surface area contributed by atoms with Gasteiger partial charge in [-0.2, -0.15) is 0 Å². The molecule has 12 aromatic rings. The Morgan fingerprint density at radius 1 is 0.303 bits per heavy atom. The summed E-state index contributed by atoms with van der Waals surface area (Å²) in [5.74, 6) is 1.85. The molecular formula is C62H37N3O. The standard InChI is InChI=1S/C62H37N3O/c1-2-16-40(17-3-1)59-63-60(41-33-31-39(32-34-41)46-25-13-26-48-47-21-8-11-30-55(47)66-58(46)48)65-61(64-59)43-19-12-18-42(37-43)45-24-14-29-53-57(45)50-23-7-10-28-52(50)62(53)51-27-9-6-22-49(51)56-44-20-5-4-15-38(44)35-36-54(56)62/h1-37H. The van der Waals surface area contributed by atoms with Gasteiger partial charge in [0.05, 0.1) is 5.41 Å². The molecule has 0 fully saturated rings. The van der Waals surface area contributed by atoms with Crippen molar-refractivity contribution in [1.82, 2.24) is 15.0 Å². The lowest BCUT2D eigenvalue weighted by Gasteiger charge is -2.30. The van der Waals surface area contributed by atoms with Gasteiger partial charge in [0.25, 0.3) is 0 Å². The van der Waals surface area contributed by atoms with E-state index in [0.29, 0.717) is 17.5 Å². The van der Waals surface area contributed by atoms with Crippen molar-refractivity contribution >= 4 is 32.7 Å². The molecule has 2 aliphatic rings. The lowest BCUT2D eigenvalue weighted by Crippen LogP contribution is -2.25. The number of para-hydroxylation sites is 2. The molecule has 1 atom stereocenters. The fourth-order valence-corrected chi connectivity index (χ4v) is 11.1. The summed E-state index contributed by atoms with van der Waals surface area (Å²) in [7, 11) is 0. The average molecular weight is 840 g/mol. The molecule has 2 aliphatic carbocycles. The Morgan fingerprint density at radius 2 is 0.818 bits per heavy atom. The van der Waals surface area contributed by atoms with Gasteiger partial charge in [-0.25, -0.2) is 15.0 Å². The van der Waals surface area contributed by atoms with Crippen LogP contribution in [0.1, 0.15) is 22.3 Å². The van der Waals surface area contributed by atoms with E-state index < -0.39 is 5.41 Å². The van der Waals surface area contributed by atoms with Gasteiger partial charge in [0.1, 0.15) is 11.2 Å². The summed E-state index contributed by atoms with van der Waals surface area (Å²) in [5, 5.41) is 4.77. The van der Waals surface area contributed by atoms with E-state index in [1.165, 1.54) is 60.8 Å². The van der Waals surface area contributed by atoms with Crippen molar-refractivity contribution in [3.05, 3.63) is 247 Å². The second-order valence-electron chi connectivity index (χ2n) is 17.4. The Labute approximate surface area is 381 Å². The highest BCUT2D eigenvalue weighted by molar-refractivity contribution is 6.10. The minimum Gasteiger partial charge on any atom is -0.455 e. The van der Waals surface area contributed by atoms with Gasteiger partial charge in [0.15, 0.2) is 17.5 Å². The predicted molar refractivity (Wildman–Crippen MR) is 268 cm³/mol. The first-order chi connectivity index (χ1) is 32.7. The third-order valence-electron chi connectivity index (χ3n) is 14.0. The van der Waals surface area contributed by atoms with Crippen molar-refractivity contribution in [2.45, 2.75) is 5.41 Å². The van der Waals surface area contributed by atoms with Gasteiger partial charge >= 0.3 is 0 Å². The van der Waals surface area contributed by atoms with Crippen LogP contribution in [0.25, 0.3) is 111 Å². The Morgan fingerprint density at radius 3 is 1.62 bits per heavy atom. The molecule has 2 heterocycles. The number of hydrogen-bond donors (Lipinski definition) is 0. The van der Waals surface area contributed by atoms with Crippen molar-refractivity contribution in [1.29, 1.82) is 0 Å². The van der Waals surface area contributed by atoms with Crippen molar-refractivity contribution in [3.8, 4) is 78.7 Å². The van der Waals surface area contributed by atoms with E-state index in [-0.39, 0.29) is 0 Å².